The Morgan fingerprint density at radius 3 is 2.71 bits per heavy atom. The maximum Gasteiger partial charge on any atom is 0.227 e. The molecule has 1 amide bonds. The second kappa shape index (κ2) is 5.78. The molecule has 2 aromatic carbocycles. The number of carbonyl (C=O) groups excluding carboxylic acids is 1. The van der Waals surface area contributed by atoms with E-state index >= 15 is 0 Å². The summed E-state index contributed by atoms with van der Waals surface area (Å²) in [6.45, 7) is 0. The Hall–Kier alpha value is -2.00. The van der Waals surface area contributed by atoms with Gasteiger partial charge in [0, 0.05) is 11.6 Å². The van der Waals surface area contributed by atoms with E-state index in [1.807, 2.05) is 6.07 Å². The Morgan fingerprint density at radius 2 is 1.95 bits per heavy atom. The summed E-state index contributed by atoms with van der Waals surface area (Å²) in [5.41, 5.74) is 9.56. The van der Waals surface area contributed by atoms with Crippen LogP contribution in [-0.2, 0) is 17.6 Å². The van der Waals surface area contributed by atoms with E-state index in [1.54, 1.807) is 18.2 Å². The monoisotopic (exact) mass is 300 g/mol. The van der Waals surface area contributed by atoms with Crippen molar-refractivity contribution < 1.29 is 4.79 Å². The molecule has 1 aliphatic rings. The van der Waals surface area contributed by atoms with E-state index in [2.05, 4.69) is 23.5 Å². The number of benzene rings is 2. The average Bonchev–Trinajstić information content (AvgIpc) is 2.50. The van der Waals surface area contributed by atoms with Crippen LogP contribution < -0.4 is 11.1 Å². The highest BCUT2D eigenvalue weighted by atomic mass is 35.5. The van der Waals surface area contributed by atoms with E-state index in [0.29, 0.717) is 16.4 Å². The summed E-state index contributed by atoms with van der Waals surface area (Å²) in [6.07, 6.45) is 2.63. The van der Waals surface area contributed by atoms with Gasteiger partial charge in [-0.2, -0.15) is 0 Å². The molecule has 0 bridgehead atoms. The molecule has 3 nitrogen and oxygen atoms in total. The molecule has 2 aromatic rings. The molecule has 0 fully saturated rings. The number of fused-ring (bicyclic) bond motifs is 1. The van der Waals surface area contributed by atoms with Crippen LogP contribution in [0.5, 0.6) is 0 Å². The number of anilines is 2. The molecular weight excluding hydrogens is 284 g/mol. The average molecular weight is 301 g/mol. The summed E-state index contributed by atoms with van der Waals surface area (Å²) < 4.78 is 0. The number of nitrogen functional groups attached to an aromatic ring is 1. The third-order valence-electron chi connectivity index (χ3n) is 3.98. The zero-order chi connectivity index (χ0) is 14.8. The molecule has 0 radical (unpaired) electrons. The van der Waals surface area contributed by atoms with Crippen molar-refractivity contribution in [2.24, 2.45) is 5.92 Å². The summed E-state index contributed by atoms with van der Waals surface area (Å²) in [7, 11) is 0. The van der Waals surface area contributed by atoms with E-state index < -0.39 is 0 Å². The van der Waals surface area contributed by atoms with Gasteiger partial charge in [0.05, 0.1) is 10.7 Å². The first-order valence-corrected chi connectivity index (χ1v) is 7.44. The van der Waals surface area contributed by atoms with Crippen molar-refractivity contribution in [1.82, 2.24) is 0 Å². The van der Waals surface area contributed by atoms with Crippen molar-refractivity contribution in [2.75, 3.05) is 11.1 Å². The maximum absolute atomic E-state index is 12.4. The smallest absolute Gasteiger partial charge is 0.227 e. The molecule has 4 heteroatoms. The first-order valence-electron chi connectivity index (χ1n) is 7.06. The number of carbonyl (C=O) groups is 1. The fourth-order valence-corrected chi connectivity index (χ4v) is 2.90. The molecule has 0 aromatic heterocycles. The van der Waals surface area contributed by atoms with Crippen molar-refractivity contribution in [3.05, 3.63) is 58.6 Å². The number of aryl methyl sites for hydroxylation is 1. The second-order valence-corrected chi connectivity index (χ2v) is 5.84. The van der Waals surface area contributed by atoms with Crippen LogP contribution in [0, 0.1) is 5.92 Å². The summed E-state index contributed by atoms with van der Waals surface area (Å²) in [5, 5.41) is 3.43. The van der Waals surface area contributed by atoms with Crippen molar-refractivity contribution in [3.8, 4) is 0 Å². The number of nitrogens with one attached hydrogen (secondary N) is 1. The van der Waals surface area contributed by atoms with Crippen molar-refractivity contribution in [2.45, 2.75) is 19.3 Å². The Morgan fingerprint density at radius 1 is 1.19 bits per heavy atom. The van der Waals surface area contributed by atoms with E-state index in [1.165, 1.54) is 11.1 Å². The van der Waals surface area contributed by atoms with Gasteiger partial charge in [-0.1, -0.05) is 35.9 Å². The fraction of sp³-hybridized carbons (Fsp3) is 0.235. The van der Waals surface area contributed by atoms with Gasteiger partial charge in [-0.3, -0.25) is 4.79 Å². The fourth-order valence-electron chi connectivity index (χ4n) is 2.79. The second-order valence-electron chi connectivity index (χ2n) is 5.43. The lowest BCUT2D eigenvalue weighted by molar-refractivity contribution is -0.120. The lowest BCUT2D eigenvalue weighted by atomic mass is 9.83. The molecule has 21 heavy (non-hydrogen) atoms. The third kappa shape index (κ3) is 3.03. The molecular formula is C17H17ClN2O. The lowest BCUT2D eigenvalue weighted by Crippen LogP contribution is -2.28. The van der Waals surface area contributed by atoms with Gasteiger partial charge in [-0.15, -0.1) is 0 Å². The first-order chi connectivity index (χ1) is 10.1. The van der Waals surface area contributed by atoms with Crippen LogP contribution in [0.3, 0.4) is 0 Å². The lowest BCUT2D eigenvalue weighted by Gasteiger charge is -2.23. The van der Waals surface area contributed by atoms with Gasteiger partial charge < -0.3 is 11.1 Å². The molecule has 1 atom stereocenters. The normalized spacial score (nSPS) is 17.1. The standard InChI is InChI=1S/C17H17ClN2O/c18-15-8-7-14(10-16(15)19)20-17(21)13-6-5-11-3-1-2-4-12(11)9-13/h1-4,7-8,10,13H,5-6,9,19H2,(H,20,21). The van der Waals surface area contributed by atoms with Crippen LogP contribution >= 0.6 is 11.6 Å². The Bertz CT molecular complexity index is 684. The van der Waals surface area contributed by atoms with Gasteiger partial charge in [0.25, 0.3) is 0 Å². The van der Waals surface area contributed by atoms with E-state index in [0.717, 1.165) is 19.3 Å². The predicted molar refractivity (Wildman–Crippen MR) is 86.5 cm³/mol. The van der Waals surface area contributed by atoms with Gasteiger partial charge in [0.2, 0.25) is 5.91 Å². The highest BCUT2D eigenvalue weighted by Crippen LogP contribution is 2.27. The number of hydrogen-bond acceptors (Lipinski definition) is 2. The summed E-state index contributed by atoms with van der Waals surface area (Å²) >= 11 is 5.88. The van der Waals surface area contributed by atoms with E-state index in [9.17, 15) is 4.79 Å². The Labute approximate surface area is 129 Å². The minimum atomic E-state index is 0.0109. The zero-order valence-electron chi connectivity index (χ0n) is 11.6. The first kappa shape index (κ1) is 14.0. The molecule has 3 N–H and O–H groups in total. The van der Waals surface area contributed by atoms with Crippen molar-refractivity contribution in [3.63, 3.8) is 0 Å². The minimum Gasteiger partial charge on any atom is -0.397 e. The molecule has 0 saturated heterocycles. The molecule has 0 heterocycles. The van der Waals surface area contributed by atoms with E-state index in [-0.39, 0.29) is 11.8 Å². The third-order valence-corrected chi connectivity index (χ3v) is 4.33. The van der Waals surface area contributed by atoms with Crippen molar-refractivity contribution in [1.29, 1.82) is 0 Å². The predicted octanol–water partition coefficient (Wildman–Crippen LogP) is 3.67. The number of halogens is 1. The topological polar surface area (TPSA) is 55.1 Å². The van der Waals surface area contributed by atoms with Gasteiger partial charge in [0.1, 0.15) is 0 Å². The minimum absolute atomic E-state index is 0.0109. The van der Waals surface area contributed by atoms with Gasteiger partial charge in [0.15, 0.2) is 0 Å². The molecule has 0 saturated carbocycles. The van der Waals surface area contributed by atoms with Gasteiger partial charge in [-0.25, -0.2) is 0 Å². The quantitative estimate of drug-likeness (QED) is 0.832. The van der Waals surface area contributed by atoms with Gasteiger partial charge >= 0.3 is 0 Å². The number of rotatable bonds is 2. The number of hydrogen-bond donors (Lipinski definition) is 2. The number of nitrogens with two attached hydrogens (primary N) is 1. The Kier molecular flexibility index (Phi) is 3.84. The van der Waals surface area contributed by atoms with E-state index in [4.69, 9.17) is 17.3 Å². The molecule has 1 unspecified atom stereocenters. The maximum atomic E-state index is 12.4. The summed E-state index contributed by atoms with van der Waals surface area (Å²) in [4.78, 5) is 12.4. The van der Waals surface area contributed by atoms with Crippen LogP contribution in [0.25, 0.3) is 0 Å². The molecule has 1 aliphatic carbocycles. The van der Waals surface area contributed by atoms with Crippen molar-refractivity contribution >= 4 is 28.9 Å². The van der Waals surface area contributed by atoms with Crippen LogP contribution in [-0.4, -0.2) is 5.91 Å². The van der Waals surface area contributed by atoms with Gasteiger partial charge in [-0.05, 0) is 48.6 Å². The molecule has 108 valence electrons. The molecule has 0 spiro atoms. The zero-order valence-corrected chi connectivity index (χ0v) is 12.4. The SMILES string of the molecule is Nc1cc(NC(=O)C2CCc3ccccc3C2)ccc1Cl. The van der Waals surface area contributed by atoms with Crippen LogP contribution in [0.15, 0.2) is 42.5 Å². The summed E-state index contributed by atoms with van der Waals surface area (Å²) in [6, 6.07) is 13.5. The van der Waals surface area contributed by atoms with Crippen LogP contribution in [0.4, 0.5) is 11.4 Å². The van der Waals surface area contributed by atoms with Crippen LogP contribution in [0.2, 0.25) is 5.02 Å². The Balaban J connectivity index is 1.70. The highest BCUT2D eigenvalue weighted by Gasteiger charge is 2.24. The highest BCUT2D eigenvalue weighted by molar-refractivity contribution is 6.33. The molecule has 0 aliphatic heterocycles. The summed E-state index contributed by atoms with van der Waals surface area (Å²) in [5.74, 6) is 0.0584. The van der Waals surface area contributed by atoms with Crippen LogP contribution in [0.1, 0.15) is 17.5 Å². The molecule has 3 rings (SSSR count). The number of amides is 1. The largest absolute Gasteiger partial charge is 0.397 e.